The van der Waals surface area contributed by atoms with Crippen LogP contribution in [0.15, 0.2) is 204 Å². The average Bonchev–Trinajstić information content (AvgIpc) is 3.57. The summed E-state index contributed by atoms with van der Waals surface area (Å²) in [7, 11) is 0. The molecule has 260 valence electrons. The lowest BCUT2D eigenvalue weighted by molar-refractivity contribution is 0.730. The summed E-state index contributed by atoms with van der Waals surface area (Å²) in [6.45, 7) is 0. The molecule has 9 aromatic carbocycles. The second-order valence-electron chi connectivity index (χ2n) is 14.8. The Hall–Kier alpha value is -6.81. The number of aromatic nitrogens is 2. The Bertz CT molecular complexity index is 3140. The molecule has 0 unspecified atom stereocenters. The van der Waals surface area contributed by atoms with Gasteiger partial charge in [0.1, 0.15) is 0 Å². The maximum absolute atomic E-state index is 5.56. The van der Waals surface area contributed by atoms with Crippen LogP contribution in [0.1, 0.15) is 22.3 Å². The second kappa shape index (κ2) is 12.1. The fraction of sp³-hybridized carbons (Fsp3) is 0.0189. The maximum Gasteiger partial charge on any atom is 0.160 e. The molecular weight excluding hydrogens is 697 g/mol. The van der Waals surface area contributed by atoms with E-state index in [1.54, 1.807) is 0 Å². The Morgan fingerprint density at radius 1 is 0.357 bits per heavy atom. The Balaban J connectivity index is 1.19. The molecule has 0 radical (unpaired) electrons. The molecule has 10 aromatic rings. The van der Waals surface area contributed by atoms with Gasteiger partial charge in [0.05, 0.1) is 16.6 Å². The van der Waals surface area contributed by atoms with Crippen LogP contribution in [-0.4, -0.2) is 9.97 Å². The van der Waals surface area contributed by atoms with Crippen molar-refractivity contribution < 1.29 is 0 Å². The van der Waals surface area contributed by atoms with E-state index in [0.717, 1.165) is 33.5 Å². The summed E-state index contributed by atoms with van der Waals surface area (Å²) in [6, 6.07) is 70.8. The number of para-hydroxylation sites is 1. The number of benzene rings is 9. The maximum atomic E-state index is 5.56. The van der Waals surface area contributed by atoms with Crippen LogP contribution in [0, 0.1) is 0 Å². The van der Waals surface area contributed by atoms with Gasteiger partial charge < -0.3 is 0 Å². The van der Waals surface area contributed by atoms with Gasteiger partial charge in [-0.05, 0) is 72.1 Å². The zero-order valence-electron chi connectivity index (χ0n) is 30.3. The second-order valence-corrected chi connectivity index (χ2v) is 15.8. The molecule has 0 N–H and O–H groups in total. The highest BCUT2D eigenvalue weighted by Crippen LogP contribution is 2.65. The van der Waals surface area contributed by atoms with Crippen molar-refractivity contribution in [2.24, 2.45) is 0 Å². The highest BCUT2D eigenvalue weighted by atomic mass is 32.2. The molecule has 0 atom stereocenters. The summed E-state index contributed by atoms with van der Waals surface area (Å²) in [5.74, 6) is 0.720. The van der Waals surface area contributed by atoms with E-state index in [4.69, 9.17) is 9.97 Å². The molecule has 2 nitrogen and oxygen atoms in total. The van der Waals surface area contributed by atoms with Crippen molar-refractivity contribution in [2.45, 2.75) is 15.2 Å². The molecule has 56 heavy (non-hydrogen) atoms. The van der Waals surface area contributed by atoms with Crippen molar-refractivity contribution in [2.75, 3.05) is 0 Å². The summed E-state index contributed by atoms with van der Waals surface area (Å²) in [5.41, 5.74) is 13.5. The van der Waals surface area contributed by atoms with Gasteiger partial charge in [-0.3, -0.25) is 0 Å². The first kappa shape index (κ1) is 31.5. The lowest BCUT2D eigenvalue weighted by atomic mass is 9.65. The fourth-order valence-electron chi connectivity index (χ4n) is 9.51. The molecule has 1 aliphatic carbocycles. The molecule has 3 heteroatoms. The third-order valence-corrected chi connectivity index (χ3v) is 13.2. The normalized spacial score (nSPS) is 13.4. The molecule has 0 bridgehead atoms. The highest BCUT2D eigenvalue weighted by molar-refractivity contribution is 8.00. The first-order chi connectivity index (χ1) is 27.8. The molecule has 2 aliphatic rings. The fourth-order valence-corrected chi connectivity index (χ4v) is 11.0. The Morgan fingerprint density at radius 3 is 1.64 bits per heavy atom. The summed E-state index contributed by atoms with van der Waals surface area (Å²) in [6.07, 6.45) is 0. The molecule has 0 saturated carbocycles. The van der Waals surface area contributed by atoms with E-state index in [9.17, 15) is 0 Å². The molecular formula is C53H32N2S. The first-order valence-corrected chi connectivity index (χ1v) is 20.0. The van der Waals surface area contributed by atoms with E-state index in [1.165, 1.54) is 75.8 Å². The van der Waals surface area contributed by atoms with Gasteiger partial charge in [-0.25, -0.2) is 9.97 Å². The summed E-state index contributed by atoms with van der Waals surface area (Å²) in [5, 5.41) is 6.11. The molecule has 1 aromatic heterocycles. The number of hydrogen-bond acceptors (Lipinski definition) is 3. The minimum atomic E-state index is -0.601. The van der Waals surface area contributed by atoms with Gasteiger partial charge in [0, 0.05) is 26.3 Å². The van der Waals surface area contributed by atoms with Gasteiger partial charge in [-0.15, -0.1) is 0 Å². The molecule has 12 rings (SSSR count). The van der Waals surface area contributed by atoms with Crippen LogP contribution < -0.4 is 0 Å². The van der Waals surface area contributed by atoms with E-state index in [1.807, 2.05) is 11.8 Å². The molecule has 0 fully saturated rings. The number of hydrogen-bond donors (Lipinski definition) is 0. The van der Waals surface area contributed by atoms with Gasteiger partial charge in [-0.2, -0.15) is 0 Å². The highest BCUT2D eigenvalue weighted by Gasteiger charge is 2.52. The van der Waals surface area contributed by atoms with Crippen LogP contribution >= 0.6 is 11.8 Å². The van der Waals surface area contributed by atoms with Crippen LogP contribution in [0.3, 0.4) is 0 Å². The predicted molar refractivity (Wildman–Crippen MR) is 232 cm³/mol. The standard InChI is InChI=1S/C53H32N2S/c1-2-13-33(14-3-1)34-25-27-37(28-26-34)52-54-47-24-11-9-20-42(47)49(55-52)43-22-12-21-41-40-19-8-10-23-44(40)53(48(41)43)45-31-29-35-15-4-6-17-38(35)50(45)56-51-39-18-7-5-16-36(39)30-32-46(51)53/h1-32H. The molecule has 0 amide bonds. The zero-order chi connectivity index (χ0) is 36.8. The monoisotopic (exact) mass is 728 g/mol. The van der Waals surface area contributed by atoms with Crippen molar-refractivity contribution in [1.82, 2.24) is 9.97 Å². The average molecular weight is 729 g/mol. The largest absolute Gasteiger partial charge is 0.228 e. The van der Waals surface area contributed by atoms with Gasteiger partial charge in [0.2, 0.25) is 0 Å². The van der Waals surface area contributed by atoms with Crippen molar-refractivity contribution >= 4 is 44.2 Å². The van der Waals surface area contributed by atoms with Gasteiger partial charge >= 0.3 is 0 Å². The van der Waals surface area contributed by atoms with E-state index >= 15 is 0 Å². The van der Waals surface area contributed by atoms with Crippen LogP contribution in [0.4, 0.5) is 0 Å². The van der Waals surface area contributed by atoms with E-state index in [-0.39, 0.29) is 0 Å². The first-order valence-electron chi connectivity index (χ1n) is 19.2. The van der Waals surface area contributed by atoms with Gasteiger partial charge in [0.25, 0.3) is 0 Å². The molecule has 1 spiro atoms. The topological polar surface area (TPSA) is 25.8 Å². The smallest absolute Gasteiger partial charge is 0.160 e. The zero-order valence-corrected chi connectivity index (χ0v) is 31.1. The molecule has 1 aliphatic heterocycles. The quantitative estimate of drug-likeness (QED) is 0.181. The Morgan fingerprint density at radius 2 is 0.911 bits per heavy atom. The summed E-state index contributed by atoms with van der Waals surface area (Å²) < 4.78 is 0. The van der Waals surface area contributed by atoms with Crippen LogP contribution in [0.2, 0.25) is 0 Å². The van der Waals surface area contributed by atoms with Gasteiger partial charge in [0.15, 0.2) is 5.82 Å². The Labute approximate surface area is 329 Å². The van der Waals surface area contributed by atoms with Gasteiger partial charge in [-0.1, -0.05) is 200 Å². The third-order valence-electron chi connectivity index (χ3n) is 11.9. The number of fused-ring (bicyclic) bond motifs is 14. The van der Waals surface area contributed by atoms with E-state index in [2.05, 4.69) is 194 Å². The minimum absolute atomic E-state index is 0.601. The van der Waals surface area contributed by atoms with Crippen molar-refractivity contribution in [3.8, 4) is 44.9 Å². The van der Waals surface area contributed by atoms with Crippen molar-refractivity contribution in [3.05, 3.63) is 216 Å². The summed E-state index contributed by atoms with van der Waals surface area (Å²) >= 11 is 1.93. The van der Waals surface area contributed by atoms with E-state index in [0.29, 0.717) is 0 Å². The predicted octanol–water partition coefficient (Wildman–Crippen LogP) is 13.8. The van der Waals surface area contributed by atoms with Crippen molar-refractivity contribution in [1.29, 1.82) is 0 Å². The number of nitrogens with zero attached hydrogens (tertiary/aromatic N) is 2. The van der Waals surface area contributed by atoms with Crippen LogP contribution in [0.5, 0.6) is 0 Å². The third kappa shape index (κ3) is 4.40. The number of rotatable bonds is 3. The van der Waals surface area contributed by atoms with Crippen LogP contribution in [0.25, 0.3) is 77.3 Å². The summed E-state index contributed by atoms with van der Waals surface area (Å²) in [4.78, 5) is 13.4. The molecule has 0 saturated heterocycles. The minimum Gasteiger partial charge on any atom is -0.228 e. The Kier molecular flexibility index (Phi) is 6.81. The van der Waals surface area contributed by atoms with Crippen molar-refractivity contribution in [3.63, 3.8) is 0 Å². The molecule has 2 heterocycles. The lowest BCUT2D eigenvalue weighted by Gasteiger charge is -2.41. The SMILES string of the molecule is c1ccc(-c2ccc(-c3nc(-c4cccc5c4C4(c6ccccc6-5)c5ccc6ccccc6c5Sc5c4ccc4ccccc54)c4ccccc4n3)cc2)cc1. The van der Waals surface area contributed by atoms with E-state index < -0.39 is 5.41 Å². The lowest BCUT2D eigenvalue weighted by Crippen LogP contribution is -2.32. The van der Waals surface area contributed by atoms with Crippen LogP contribution in [-0.2, 0) is 5.41 Å².